The van der Waals surface area contributed by atoms with Gasteiger partial charge in [-0.3, -0.25) is 19.2 Å². The van der Waals surface area contributed by atoms with Gasteiger partial charge in [0.15, 0.2) is 0 Å². The Balaban J connectivity index is 1.35. The molecule has 318 valence electrons. The first kappa shape index (κ1) is 45.4. The van der Waals surface area contributed by atoms with E-state index < -0.39 is 82.2 Å². The van der Waals surface area contributed by atoms with Gasteiger partial charge in [0, 0.05) is 22.2 Å². The highest BCUT2D eigenvalue weighted by Gasteiger charge is 2.52. The number of benzene rings is 4. The van der Waals surface area contributed by atoms with Crippen molar-refractivity contribution in [2.45, 2.75) is 75.1 Å². The van der Waals surface area contributed by atoms with E-state index in [0.717, 1.165) is 11.1 Å². The lowest BCUT2D eigenvalue weighted by molar-refractivity contribution is -0.191. The maximum atomic E-state index is 15.2. The maximum Gasteiger partial charge on any atom is 0.379 e. The summed E-state index contributed by atoms with van der Waals surface area (Å²) in [7, 11) is -4.24. The summed E-state index contributed by atoms with van der Waals surface area (Å²) in [6.07, 6.45) is -2.30. The number of sulfonamides is 1. The zero-order valence-corrected chi connectivity index (χ0v) is 34.5. The van der Waals surface area contributed by atoms with E-state index in [9.17, 15) is 37.5 Å². The Morgan fingerprint density at radius 2 is 1.38 bits per heavy atom. The lowest BCUT2D eigenvalue weighted by Crippen LogP contribution is -2.59. The number of amides is 4. The number of halogens is 3. The van der Waals surface area contributed by atoms with Crippen molar-refractivity contribution in [3.05, 3.63) is 136 Å². The van der Waals surface area contributed by atoms with Gasteiger partial charge in [0.1, 0.15) is 12.1 Å². The van der Waals surface area contributed by atoms with Crippen LogP contribution in [-0.4, -0.2) is 91.3 Å². The molecule has 0 saturated heterocycles. The molecule has 1 aliphatic rings. The van der Waals surface area contributed by atoms with Crippen molar-refractivity contribution >= 4 is 51.2 Å². The van der Waals surface area contributed by atoms with Crippen LogP contribution in [0.2, 0.25) is 5.02 Å². The molecule has 0 aromatic heterocycles. The Kier molecular flexibility index (Phi) is 14.8. The smallest absolute Gasteiger partial charge is 0.379 e. The largest absolute Gasteiger partial charge is 0.461 e. The summed E-state index contributed by atoms with van der Waals surface area (Å²) in [6.45, 7) is 3.68. The number of carbonyl (C=O) groups is 5. The third kappa shape index (κ3) is 11.1. The van der Waals surface area contributed by atoms with Crippen LogP contribution in [-0.2, 0) is 48.4 Å². The van der Waals surface area contributed by atoms with Crippen molar-refractivity contribution in [1.82, 2.24) is 20.3 Å². The van der Waals surface area contributed by atoms with Crippen LogP contribution in [0.4, 0.5) is 8.78 Å². The Hall–Kier alpha value is -5.71. The van der Waals surface area contributed by atoms with Crippen molar-refractivity contribution in [1.29, 1.82) is 0 Å². The number of alkyl halides is 2. The summed E-state index contributed by atoms with van der Waals surface area (Å²) < 4.78 is 62.3. The molecule has 0 fully saturated rings. The van der Waals surface area contributed by atoms with Gasteiger partial charge in [-0.25, -0.2) is 17.9 Å². The fourth-order valence-corrected chi connectivity index (χ4v) is 7.90. The minimum Gasteiger partial charge on any atom is -0.461 e. The lowest BCUT2D eigenvalue weighted by Gasteiger charge is -2.35. The Morgan fingerprint density at radius 1 is 0.833 bits per heavy atom. The Labute approximate surface area is 351 Å². The van der Waals surface area contributed by atoms with Crippen molar-refractivity contribution < 1.29 is 51.0 Å². The second-order valence-corrected chi connectivity index (χ2v) is 16.7. The molecule has 0 bridgehead atoms. The molecule has 4 N–H and O–H groups in total. The van der Waals surface area contributed by atoms with E-state index in [4.69, 9.17) is 11.6 Å². The van der Waals surface area contributed by atoms with Gasteiger partial charge in [-0.05, 0) is 97.3 Å². The molecule has 1 unspecified atom stereocenters. The third-order valence-corrected chi connectivity index (χ3v) is 11.6. The summed E-state index contributed by atoms with van der Waals surface area (Å²) in [4.78, 5) is 68.2. The first-order valence-electron chi connectivity index (χ1n) is 19.1. The molecular formula is C43H45ClF2N4O9S. The topological polar surface area (TPSA) is 188 Å². The van der Waals surface area contributed by atoms with Crippen LogP contribution in [0.25, 0.3) is 0 Å². The van der Waals surface area contributed by atoms with Gasteiger partial charge in [-0.15, -0.1) is 0 Å². The quantitative estimate of drug-likeness (QED) is 0.111. The minimum absolute atomic E-state index is 0.0309. The van der Waals surface area contributed by atoms with Crippen molar-refractivity contribution in [2.75, 3.05) is 13.2 Å². The number of nitrogens with zero attached hydrogens (tertiary/aromatic N) is 1. The second kappa shape index (κ2) is 19.6. The average molecular weight is 867 g/mol. The normalized spacial score (nSPS) is 14.3. The van der Waals surface area contributed by atoms with Crippen LogP contribution in [0, 0.1) is 5.92 Å². The fourth-order valence-electron chi connectivity index (χ4n) is 6.80. The maximum absolute atomic E-state index is 15.2. The minimum atomic E-state index is -4.39. The Morgan fingerprint density at radius 3 is 1.93 bits per heavy atom. The van der Waals surface area contributed by atoms with Crippen LogP contribution in [0.15, 0.2) is 108 Å². The number of aliphatic hydroxyl groups excluding tert-OH is 1. The number of fused-ring (bicyclic) bond motifs is 1. The molecule has 4 aromatic carbocycles. The molecule has 0 saturated carbocycles. The van der Waals surface area contributed by atoms with E-state index in [1.165, 1.54) is 60.4 Å². The van der Waals surface area contributed by atoms with E-state index in [1.54, 1.807) is 44.2 Å². The highest BCUT2D eigenvalue weighted by Crippen LogP contribution is 2.28. The number of rotatable bonds is 17. The second-order valence-electron chi connectivity index (χ2n) is 14.6. The van der Waals surface area contributed by atoms with Gasteiger partial charge in [0.2, 0.25) is 11.8 Å². The van der Waals surface area contributed by atoms with Crippen LogP contribution in [0.1, 0.15) is 58.2 Å². The first-order valence-corrected chi connectivity index (χ1v) is 20.9. The molecule has 17 heteroatoms. The van der Waals surface area contributed by atoms with E-state index in [1.807, 2.05) is 29.0 Å². The molecule has 0 heterocycles. The zero-order chi connectivity index (χ0) is 43.8. The number of esters is 1. The summed E-state index contributed by atoms with van der Waals surface area (Å²) >= 11 is 5.84. The van der Waals surface area contributed by atoms with E-state index >= 15 is 8.78 Å². The van der Waals surface area contributed by atoms with E-state index in [2.05, 4.69) is 15.4 Å². The fraction of sp³-hybridized carbons (Fsp3) is 0.326. The first-order chi connectivity index (χ1) is 28.4. The summed E-state index contributed by atoms with van der Waals surface area (Å²) in [5, 5.41) is 16.4. The van der Waals surface area contributed by atoms with Crippen LogP contribution >= 0.6 is 11.6 Å². The molecule has 0 aliphatic heterocycles. The van der Waals surface area contributed by atoms with Crippen molar-refractivity contribution in [3.8, 4) is 0 Å². The number of nitrogens with one attached hydrogen (secondary N) is 3. The predicted octanol–water partition coefficient (Wildman–Crippen LogP) is 4.50. The highest BCUT2D eigenvalue weighted by molar-refractivity contribution is 7.90. The SMILES string of the molecule is CCOC(=O)C(F)(F)C(O)[C@H](Cc1ccccc1)NC(=O)CN(C(=O)[C@@H](NC(=O)c1ccc(C(=O)NS(=O)(=O)c2ccc(Cl)cc2)cc1)C(C)C)C1Cc2ccccc2C1. The standard InChI is InChI=1S/C43H45ClF2N4O9S/c1-4-59-42(56)43(45,46)38(52)35(22-27-10-6-5-7-11-27)47-36(51)25-50(33-23-30-12-8-9-13-31(30)24-33)41(55)37(26(2)3)48-39(53)28-14-16-29(17-15-28)40(54)49-60(57,58)34-20-18-32(44)19-21-34/h5-21,26,33,35,37-38,52H,4,22-25H2,1-3H3,(H,47,51)(H,48,53)(H,49,54)/t35-,37-,38?/m0/s1. The number of aliphatic hydroxyl groups is 1. The molecule has 4 amide bonds. The molecule has 3 atom stereocenters. The molecule has 1 aliphatic carbocycles. The van der Waals surface area contributed by atoms with Crippen LogP contribution in [0.3, 0.4) is 0 Å². The van der Waals surface area contributed by atoms with Gasteiger partial charge in [0.25, 0.3) is 21.8 Å². The molecular weight excluding hydrogens is 822 g/mol. The molecule has 5 rings (SSSR count). The predicted molar refractivity (Wildman–Crippen MR) is 218 cm³/mol. The zero-order valence-electron chi connectivity index (χ0n) is 32.9. The number of hydrogen-bond acceptors (Lipinski definition) is 9. The third-order valence-electron chi connectivity index (χ3n) is 9.99. The van der Waals surface area contributed by atoms with E-state index in [0.29, 0.717) is 23.4 Å². The summed E-state index contributed by atoms with van der Waals surface area (Å²) in [5.41, 5.74) is 2.29. The number of carbonyl (C=O) groups excluding carboxylic acids is 5. The lowest BCUT2D eigenvalue weighted by atomic mass is 9.96. The van der Waals surface area contributed by atoms with Crippen LogP contribution < -0.4 is 15.4 Å². The van der Waals surface area contributed by atoms with Gasteiger partial charge in [-0.2, -0.15) is 8.78 Å². The molecule has 60 heavy (non-hydrogen) atoms. The van der Waals surface area contributed by atoms with Crippen molar-refractivity contribution in [2.24, 2.45) is 5.92 Å². The van der Waals surface area contributed by atoms with Crippen molar-refractivity contribution in [3.63, 3.8) is 0 Å². The molecule has 0 spiro atoms. The van der Waals surface area contributed by atoms with Gasteiger partial charge >= 0.3 is 11.9 Å². The van der Waals surface area contributed by atoms with E-state index in [-0.39, 0.29) is 29.1 Å². The molecule has 13 nitrogen and oxygen atoms in total. The summed E-state index contributed by atoms with van der Waals surface area (Å²) in [5.74, 6) is -10.1. The monoisotopic (exact) mass is 866 g/mol. The van der Waals surface area contributed by atoms with Gasteiger partial charge < -0.3 is 25.4 Å². The average Bonchev–Trinajstić information content (AvgIpc) is 3.65. The van der Waals surface area contributed by atoms with Gasteiger partial charge in [0.05, 0.1) is 24.1 Å². The number of hydrogen-bond donors (Lipinski definition) is 4. The summed E-state index contributed by atoms with van der Waals surface area (Å²) in [6, 6.07) is 22.4. The molecule has 0 radical (unpaired) electrons. The molecule has 4 aromatic rings. The van der Waals surface area contributed by atoms with Crippen LogP contribution in [0.5, 0.6) is 0 Å². The Bertz CT molecular complexity index is 2270. The highest BCUT2D eigenvalue weighted by atomic mass is 35.5. The number of ether oxygens (including phenoxy) is 1. The van der Waals surface area contributed by atoms with Gasteiger partial charge in [-0.1, -0.05) is 80.0 Å².